The Labute approximate surface area is 153 Å². The minimum absolute atomic E-state index is 0.197. The van der Waals surface area contributed by atoms with Crippen LogP contribution in [0.15, 0.2) is 12.1 Å². The fourth-order valence-electron chi connectivity index (χ4n) is 6.20. The molecule has 4 aliphatic rings. The van der Waals surface area contributed by atoms with Crippen LogP contribution in [-0.4, -0.2) is 54.6 Å². The minimum atomic E-state index is -0.896. The zero-order chi connectivity index (χ0) is 18.3. The molecule has 6 nitrogen and oxygen atoms in total. The summed E-state index contributed by atoms with van der Waals surface area (Å²) in [6.07, 6.45) is 2.59. The molecule has 1 saturated heterocycles. The van der Waals surface area contributed by atoms with Crippen molar-refractivity contribution in [3.63, 3.8) is 0 Å². The second-order valence-corrected chi connectivity index (χ2v) is 8.53. The van der Waals surface area contributed by atoms with Crippen LogP contribution in [0.5, 0.6) is 11.5 Å². The van der Waals surface area contributed by atoms with E-state index in [4.69, 9.17) is 9.47 Å². The number of hydrogen-bond acceptors (Lipinski definition) is 6. The van der Waals surface area contributed by atoms with E-state index in [-0.39, 0.29) is 11.5 Å². The number of rotatable bonds is 1. The van der Waals surface area contributed by atoms with Crippen molar-refractivity contribution in [2.75, 3.05) is 20.7 Å². The zero-order valence-electron chi connectivity index (χ0n) is 15.4. The smallest absolute Gasteiger partial charge is 0.482 e. The largest absolute Gasteiger partial charge is 0.513 e. The molecule has 2 bridgehead atoms. The highest BCUT2D eigenvalue weighted by Crippen LogP contribution is 2.65. The molecule has 2 heterocycles. The first-order valence-corrected chi connectivity index (χ1v) is 9.40. The van der Waals surface area contributed by atoms with Crippen LogP contribution < -0.4 is 9.47 Å². The van der Waals surface area contributed by atoms with Gasteiger partial charge in [0, 0.05) is 17.0 Å². The monoisotopic (exact) mass is 359 g/mol. The number of hydrogen-bond donors (Lipinski definition) is 1. The number of carbonyl (C=O) groups excluding carboxylic acids is 1. The van der Waals surface area contributed by atoms with Crippen LogP contribution in [0, 0.1) is 5.92 Å². The summed E-state index contributed by atoms with van der Waals surface area (Å²) in [5, 5.41) is 11.2. The van der Waals surface area contributed by atoms with Gasteiger partial charge in [0.05, 0.1) is 12.7 Å². The van der Waals surface area contributed by atoms with Crippen LogP contribution >= 0.6 is 0 Å². The third-order valence-electron chi connectivity index (χ3n) is 7.26. The Morgan fingerprint density at radius 2 is 2.19 bits per heavy atom. The van der Waals surface area contributed by atoms with Gasteiger partial charge in [0.1, 0.15) is 6.10 Å². The number of piperidine rings is 1. The van der Waals surface area contributed by atoms with Crippen molar-refractivity contribution < 1.29 is 24.1 Å². The van der Waals surface area contributed by atoms with E-state index in [2.05, 4.69) is 22.8 Å². The van der Waals surface area contributed by atoms with Crippen molar-refractivity contribution in [3.05, 3.63) is 23.3 Å². The number of methoxy groups -OCH3 is 1. The van der Waals surface area contributed by atoms with E-state index >= 15 is 0 Å². The lowest BCUT2D eigenvalue weighted by Crippen LogP contribution is -2.69. The maximum atomic E-state index is 11.7. The molecule has 26 heavy (non-hydrogen) atoms. The van der Waals surface area contributed by atoms with Gasteiger partial charge in [0.15, 0.2) is 11.5 Å². The number of benzene rings is 1. The fourth-order valence-corrected chi connectivity index (χ4v) is 6.20. The molecule has 0 amide bonds. The first-order chi connectivity index (χ1) is 12.4. The molecule has 1 aromatic carbocycles. The summed E-state index contributed by atoms with van der Waals surface area (Å²) in [7, 11) is 3.50. The number of nitrogens with zero attached hydrogens (tertiary/aromatic N) is 1. The highest BCUT2D eigenvalue weighted by molar-refractivity contribution is 5.69. The van der Waals surface area contributed by atoms with Crippen molar-refractivity contribution >= 4 is 6.16 Å². The molecule has 2 aliphatic heterocycles. The molecule has 1 spiro atoms. The first-order valence-electron chi connectivity index (χ1n) is 9.40. The number of carbonyl (C=O) groups is 1. The van der Waals surface area contributed by atoms with E-state index in [0.29, 0.717) is 23.5 Å². The van der Waals surface area contributed by atoms with Crippen LogP contribution in [0.1, 0.15) is 37.3 Å². The molecular weight excluding hydrogens is 334 g/mol. The van der Waals surface area contributed by atoms with Crippen LogP contribution in [-0.2, 0) is 16.6 Å². The Balaban J connectivity index is 1.72. The number of likely N-dealkylation sites (N-methyl/N-ethyl adjacent to an activating group) is 1. The van der Waals surface area contributed by atoms with E-state index in [1.807, 2.05) is 6.92 Å². The fraction of sp³-hybridized carbons (Fsp3) is 0.650. The molecular formula is C20H25NO5. The van der Waals surface area contributed by atoms with Gasteiger partial charge >= 0.3 is 6.16 Å². The van der Waals surface area contributed by atoms with Gasteiger partial charge in [0.2, 0.25) is 0 Å². The summed E-state index contributed by atoms with van der Waals surface area (Å²) < 4.78 is 16.4. The molecule has 0 aromatic heterocycles. The van der Waals surface area contributed by atoms with E-state index < -0.39 is 11.8 Å². The van der Waals surface area contributed by atoms with Crippen LogP contribution in [0.2, 0.25) is 0 Å². The van der Waals surface area contributed by atoms with E-state index in [1.54, 1.807) is 6.07 Å². The Hall–Kier alpha value is -1.79. The highest BCUT2D eigenvalue weighted by atomic mass is 16.7. The molecule has 5 rings (SSSR count). The van der Waals surface area contributed by atoms with Gasteiger partial charge in [-0.25, -0.2) is 4.79 Å². The van der Waals surface area contributed by atoms with E-state index in [9.17, 15) is 9.90 Å². The van der Waals surface area contributed by atoms with Gasteiger partial charge in [-0.1, -0.05) is 6.07 Å². The second kappa shape index (κ2) is 5.14. The molecule has 1 saturated carbocycles. The molecule has 2 aliphatic carbocycles. The summed E-state index contributed by atoms with van der Waals surface area (Å²) in [5.41, 5.74) is 1.33. The Kier molecular flexibility index (Phi) is 3.24. The van der Waals surface area contributed by atoms with Crippen molar-refractivity contribution in [3.8, 4) is 11.5 Å². The first kappa shape index (κ1) is 16.4. The summed E-state index contributed by atoms with van der Waals surface area (Å²) in [6.45, 7) is 2.87. The number of aliphatic hydroxyl groups is 1. The van der Waals surface area contributed by atoms with Crippen LogP contribution in [0.4, 0.5) is 4.79 Å². The second-order valence-electron chi connectivity index (χ2n) is 8.53. The quantitative estimate of drug-likeness (QED) is 0.613. The molecule has 140 valence electrons. The van der Waals surface area contributed by atoms with Gasteiger partial charge in [0.25, 0.3) is 0 Å². The minimum Gasteiger partial charge on any atom is -0.482 e. The van der Waals surface area contributed by atoms with Crippen molar-refractivity contribution in [1.82, 2.24) is 4.90 Å². The topological polar surface area (TPSA) is 68.2 Å². The molecule has 1 aromatic rings. The molecule has 5 atom stereocenters. The van der Waals surface area contributed by atoms with Gasteiger partial charge in [-0.05, 0) is 63.7 Å². The summed E-state index contributed by atoms with van der Waals surface area (Å²) in [5.74, 6) is 1.48. The summed E-state index contributed by atoms with van der Waals surface area (Å²) >= 11 is 0. The predicted molar refractivity (Wildman–Crippen MR) is 93.7 cm³/mol. The number of ether oxygens (including phenoxy) is 3. The lowest BCUT2D eigenvalue weighted by Gasteiger charge is -2.60. The molecule has 0 radical (unpaired) electrons. The number of likely N-dealkylation sites (tertiary alicyclic amines) is 1. The average Bonchev–Trinajstić information content (AvgIpc) is 2.97. The molecule has 1 N–H and O–H groups in total. The van der Waals surface area contributed by atoms with Crippen molar-refractivity contribution in [2.45, 2.75) is 55.8 Å². The lowest BCUT2D eigenvalue weighted by molar-refractivity contribution is -0.148. The van der Waals surface area contributed by atoms with Gasteiger partial charge in [-0.15, -0.1) is 0 Å². The normalized spacial score (nSPS) is 39.8. The third kappa shape index (κ3) is 1.86. The molecule has 2 fully saturated rings. The predicted octanol–water partition coefficient (Wildman–Crippen LogP) is 2.25. The van der Waals surface area contributed by atoms with Crippen LogP contribution in [0.3, 0.4) is 0 Å². The SMILES string of the molecule is COC(=O)Oc1ccc2c3c1O[C@@H]1[C@]34CCN(C)[C@H](C2)[C@@H]4CC[C@]1(C)O. The van der Waals surface area contributed by atoms with Gasteiger partial charge in [-0.3, -0.25) is 0 Å². The summed E-state index contributed by atoms with van der Waals surface area (Å²) in [6, 6.07) is 4.32. The van der Waals surface area contributed by atoms with Gasteiger partial charge < -0.3 is 24.2 Å². The highest BCUT2D eigenvalue weighted by Gasteiger charge is 2.68. The molecule has 6 heteroatoms. The maximum absolute atomic E-state index is 11.7. The van der Waals surface area contributed by atoms with Crippen LogP contribution in [0.25, 0.3) is 0 Å². The van der Waals surface area contributed by atoms with Gasteiger partial charge in [-0.2, -0.15) is 0 Å². The van der Waals surface area contributed by atoms with E-state index in [0.717, 1.165) is 32.2 Å². The maximum Gasteiger partial charge on any atom is 0.513 e. The lowest BCUT2D eigenvalue weighted by atomic mass is 9.49. The average molecular weight is 359 g/mol. The summed E-state index contributed by atoms with van der Waals surface area (Å²) in [4.78, 5) is 14.2. The zero-order valence-corrected chi connectivity index (χ0v) is 15.4. The Bertz CT molecular complexity index is 791. The van der Waals surface area contributed by atoms with Crippen molar-refractivity contribution in [2.24, 2.45) is 5.92 Å². The standard InChI is InChI=1S/C20H25NO5/c1-19(23)7-6-12-13-10-11-4-5-14(25-18(22)24-3)16-15(11)20(12,17(19)26-16)8-9-21(13)2/h4-5,12-13,17,23H,6-10H2,1-3H3/t12-,13+,17-,19-,20-/m0/s1. The Morgan fingerprint density at radius 1 is 1.38 bits per heavy atom. The Morgan fingerprint density at radius 3 is 2.96 bits per heavy atom. The molecule has 0 unspecified atom stereocenters. The van der Waals surface area contributed by atoms with Crippen molar-refractivity contribution in [1.29, 1.82) is 0 Å². The van der Waals surface area contributed by atoms with E-state index in [1.165, 1.54) is 18.2 Å². The third-order valence-corrected chi connectivity index (χ3v) is 7.26.